The molecule has 1 aromatic heterocycles. The summed E-state index contributed by atoms with van der Waals surface area (Å²) in [6.07, 6.45) is 5.68. The molecule has 3 rings (SSSR count). The maximum Gasteiger partial charge on any atom is 0.270 e. The molecule has 1 aliphatic carbocycles. The second-order valence-corrected chi connectivity index (χ2v) is 7.09. The molecule has 1 amide bonds. The lowest BCUT2D eigenvalue weighted by Crippen LogP contribution is -2.43. The highest BCUT2D eigenvalue weighted by Gasteiger charge is 2.27. The fraction of sp³-hybridized carbons (Fsp3) is 0.444. The van der Waals surface area contributed by atoms with Gasteiger partial charge in [0.05, 0.1) is 0 Å². The molecular formula is C18H24ClN3OS. The van der Waals surface area contributed by atoms with Crippen molar-refractivity contribution in [1.82, 2.24) is 10.3 Å². The Morgan fingerprint density at radius 1 is 1.25 bits per heavy atom. The van der Waals surface area contributed by atoms with Gasteiger partial charge in [0.2, 0.25) is 0 Å². The van der Waals surface area contributed by atoms with Crippen LogP contribution in [0.2, 0.25) is 0 Å². The molecule has 1 heterocycles. The molecule has 1 aromatic carbocycles. The van der Waals surface area contributed by atoms with Crippen LogP contribution in [0.1, 0.15) is 46.7 Å². The number of carbonyl (C=O) groups excluding carboxylic acids is 1. The van der Waals surface area contributed by atoms with Crippen molar-refractivity contribution in [2.75, 3.05) is 0 Å². The molecular weight excluding hydrogens is 342 g/mol. The van der Waals surface area contributed by atoms with E-state index in [9.17, 15) is 4.79 Å². The first-order chi connectivity index (χ1) is 11.3. The van der Waals surface area contributed by atoms with Gasteiger partial charge in [-0.1, -0.05) is 43.2 Å². The maximum atomic E-state index is 12.4. The number of nitrogens with one attached hydrogen (secondary N) is 1. The lowest BCUT2D eigenvalue weighted by atomic mass is 9.80. The molecule has 1 saturated carbocycles. The fourth-order valence-electron chi connectivity index (χ4n) is 3.31. The van der Waals surface area contributed by atoms with Crippen molar-refractivity contribution in [3.8, 4) is 0 Å². The van der Waals surface area contributed by atoms with Gasteiger partial charge < -0.3 is 11.1 Å². The second kappa shape index (κ2) is 9.16. The summed E-state index contributed by atoms with van der Waals surface area (Å²) in [6, 6.07) is 10.8. The first-order valence-electron chi connectivity index (χ1n) is 8.25. The monoisotopic (exact) mass is 365 g/mol. The number of carbonyl (C=O) groups is 1. The molecule has 2 atom stereocenters. The van der Waals surface area contributed by atoms with Gasteiger partial charge in [-0.2, -0.15) is 0 Å². The van der Waals surface area contributed by atoms with Crippen LogP contribution in [0.25, 0.3) is 0 Å². The number of nitrogens with zero attached hydrogens (tertiary/aromatic N) is 1. The highest BCUT2D eigenvalue weighted by Crippen LogP contribution is 2.28. The van der Waals surface area contributed by atoms with Gasteiger partial charge in [-0.3, -0.25) is 4.79 Å². The number of thiazole rings is 1. The minimum atomic E-state index is -0.0640. The van der Waals surface area contributed by atoms with Gasteiger partial charge in [0.25, 0.3) is 5.91 Å². The highest BCUT2D eigenvalue weighted by molar-refractivity contribution is 7.09. The zero-order valence-corrected chi connectivity index (χ0v) is 15.2. The third-order valence-corrected chi connectivity index (χ3v) is 5.40. The molecule has 3 N–H and O–H groups in total. The van der Waals surface area contributed by atoms with E-state index in [0.29, 0.717) is 18.2 Å². The van der Waals surface area contributed by atoms with Gasteiger partial charge in [0.15, 0.2) is 0 Å². The molecule has 1 aliphatic rings. The molecule has 4 nitrogen and oxygen atoms in total. The molecule has 1 fully saturated rings. The summed E-state index contributed by atoms with van der Waals surface area (Å²) in [4.78, 5) is 16.7. The predicted octanol–water partition coefficient (Wildman–Crippen LogP) is 3.55. The molecule has 0 spiro atoms. The van der Waals surface area contributed by atoms with Crippen LogP contribution < -0.4 is 11.1 Å². The Labute approximate surface area is 153 Å². The summed E-state index contributed by atoms with van der Waals surface area (Å²) in [7, 11) is 0. The van der Waals surface area contributed by atoms with Crippen LogP contribution in [-0.4, -0.2) is 16.9 Å². The number of benzene rings is 1. The first-order valence-corrected chi connectivity index (χ1v) is 9.13. The Balaban J connectivity index is 0.00000208. The van der Waals surface area contributed by atoms with Crippen LogP contribution >= 0.6 is 23.7 Å². The quantitative estimate of drug-likeness (QED) is 0.851. The Bertz CT molecular complexity index is 647. The normalized spacial score (nSPS) is 20.2. The van der Waals surface area contributed by atoms with Crippen molar-refractivity contribution in [3.05, 3.63) is 52.0 Å². The Kier molecular flexibility index (Phi) is 7.21. The van der Waals surface area contributed by atoms with Crippen molar-refractivity contribution in [1.29, 1.82) is 0 Å². The van der Waals surface area contributed by atoms with Crippen LogP contribution in [0, 0.1) is 5.92 Å². The van der Waals surface area contributed by atoms with Crippen molar-refractivity contribution in [2.45, 2.75) is 44.7 Å². The third kappa shape index (κ3) is 4.79. The summed E-state index contributed by atoms with van der Waals surface area (Å²) < 4.78 is 0. The van der Waals surface area contributed by atoms with E-state index in [0.717, 1.165) is 17.8 Å². The zero-order valence-electron chi connectivity index (χ0n) is 13.6. The van der Waals surface area contributed by atoms with Gasteiger partial charge in [-0.25, -0.2) is 4.98 Å². The molecule has 6 heteroatoms. The molecule has 0 aliphatic heterocycles. The zero-order chi connectivity index (χ0) is 16.1. The minimum absolute atomic E-state index is 0. The first kappa shape index (κ1) is 18.9. The molecule has 0 radical (unpaired) electrons. The van der Waals surface area contributed by atoms with Crippen molar-refractivity contribution < 1.29 is 4.79 Å². The average Bonchev–Trinajstić information content (AvgIpc) is 3.07. The predicted molar refractivity (Wildman–Crippen MR) is 101 cm³/mol. The van der Waals surface area contributed by atoms with Gasteiger partial charge in [-0.05, 0) is 30.7 Å². The van der Waals surface area contributed by atoms with E-state index in [-0.39, 0.29) is 24.4 Å². The van der Waals surface area contributed by atoms with E-state index in [1.807, 2.05) is 6.07 Å². The standard InChI is InChI=1S/C18H23N3OS.ClH/c19-11-17-20-16(12-23-17)18(22)21-15-9-5-4-8-14(15)10-13-6-2-1-3-7-13;/h1-3,6-7,12,14-15H,4-5,8-11,19H2,(H,21,22);1H. The fourth-order valence-corrected chi connectivity index (χ4v) is 3.96. The van der Waals surface area contributed by atoms with E-state index >= 15 is 0 Å². The van der Waals surface area contributed by atoms with Gasteiger partial charge in [0.1, 0.15) is 10.7 Å². The summed E-state index contributed by atoms with van der Waals surface area (Å²) in [5, 5.41) is 5.81. The maximum absolute atomic E-state index is 12.4. The van der Waals surface area contributed by atoms with E-state index in [1.54, 1.807) is 5.38 Å². The van der Waals surface area contributed by atoms with Crippen LogP contribution in [-0.2, 0) is 13.0 Å². The Morgan fingerprint density at radius 2 is 2.00 bits per heavy atom. The third-order valence-electron chi connectivity index (χ3n) is 4.53. The SMILES string of the molecule is Cl.NCc1nc(C(=O)NC2CCCCC2Cc2ccccc2)cs1. The minimum Gasteiger partial charge on any atom is -0.348 e. The summed E-state index contributed by atoms with van der Waals surface area (Å²) in [5.41, 5.74) is 7.42. The number of halogens is 1. The average molecular weight is 366 g/mol. The lowest BCUT2D eigenvalue weighted by Gasteiger charge is -2.32. The van der Waals surface area contributed by atoms with E-state index in [4.69, 9.17) is 5.73 Å². The smallest absolute Gasteiger partial charge is 0.270 e. The molecule has 2 unspecified atom stereocenters. The second-order valence-electron chi connectivity index (χ2n) is 6.14. The van der Waals surface area contributed by atoms with Crippen molar-refractivity contribution in [3.63, 3.8) is 0 Å². The van der Waals surface area contributed by atoms with Crippen LogP contribution in [0.3, 0.4) is 0 Å². The summed E-state index contributed by atoms with van der Waals surface area (Å²) in [6.45, 7) is 0.387. The number of nitrogens with two attached hydrogens (primary N) is 1. The van der Waals surface area contributed by atoms with Gasteiger partial charge >= 0.3 is 0 Å². The molecule has 0 bridgehead atoms. The molecule has 2 aromatic rings. The van der Waals surface area contributed by atoms with Crippen LogP contribution in [0.5, 0.6) is 0 Å². The van der Waals surface area contributed by atoms with Crippen molar-refractivity contribution in [2.24, 2.45) is 11.7 Å². The van der Waals surface area contributed by atoms with Crippen LogP contribution in [0.15, 0.2) is 35.7 Å². The Hall–Kier alpha value is -1.43. The number of amides is 1. The molecule has 130 valence electrons. The molecule has 0 saturated heterocycles. The van der Waals surface area contributed by atoms with Gasteiger partial charge in [-0.15, -0.1) is 23.7 Å². The highest BCUT2D eigenvalue weighted by atomic mass is 35.5. The lowest BCUT2D eigenvalue weighted by molar-refractivity contribution is 0.0901. The van der Waals surface area contributed by atoms with E-state index in [1.165, 1.54) is 36.2 Å². The molecule has 24 heavy (non-hydrogen) atoms. The topological polar surface area (TPSA) is 68.0 Å². The Morgan fingerprint density at radius 3 is 2.71 bits per heavy atom. The summed E-state index contributed by atoms with van der Waals surface area (Å²) in [5.74, 6) is 0.439. The largest absolute Gasteiger partial charge is 0.348 e. The van der Waals surface area contributed by atoms with Gasteiger partial charge in [0, 0.05) is 18.0 Å². The number of aromatic nitrogens is 1. The summed E-state index contributed by atoms with van der Waals surface area (Å²) >= 11 is 1.45. The number of rotatable bonds is 5. The van der Waals surface area contributed by atoms with E-state index < -0.39 is 0 Å². The number of hydrogen-bond acceptors (Lipinski definition) is 4. The van der Waals surface area contributed by atoms with Crippen LogP contribution in [0.4, 0.5) is 0 Å². The number of hydrogen-bond donors (Lipinski definition) is 2. The van der Waals surface area contributed by atoms with Crippen molar-refractivity contribution >= 4 is 29.7 Å². The van der Waals surface area contributed by atoms with E-state index in [2.05, 4.69) is 34.6 Å².